The highest BCUT2D eigenvalue weighted by Gasteiger charge is 2.09. The van der Waals surface area contributed by atoms with Crippen molar-refractivity contribution in [2.45, 2.75) is 26.1 Å². The Balaban J connectivity index is 2.20. The lowest BCUT2D eigenvalue weighted by Crippen LogP contribution is -2.32. The van der Waals surface area contributed by atoms with Crippen LogP contribution in [0.4, 0.5) is 0 Å². The summed E-state index contributed by atoms with van der Waals surface area (Å²) >= 11 is 0. The fraction of sp³-hybridized carbons (Fsp3) is 0.500. The third-order valence-corrected chi connectivity index (χ3v) is 2.65. The number of nitrogens with zero attached hydrogens (tertiary/aromatic N) is 1. The highest BCUT2D eigenvalue weighted by atomic mass is 16.5. The lowest BCUT2D eigenvalue weighted by molar-refractivity contribution is -0.135. The van der Waals surface area contributed by atoms with Crippen LogP contribution in [0.2, 0.25) is 0 Å². The van der Waals surface area contributed by atoms with Gasteiger partial charge in [0.1, 0.15) is 6.61 Å². The number of aliphatic hydroxyl groups is 1. The summed E-state index contributed by atoms with van der Waals surface area (Å²) in [5, 5.41) is 9.14. The van der Waals surface area contributed by atoms with Gasteiger partial charge in [-0.15, -0.1) is 0 Å². The molecule has 1 aromatic rings. The number of likely N-dealkylation sites (N-methyl/N-ethyl adjacent to an activating group) is 1. The third-order valence-electron chi connectivity index (χ3n) is 2.65. The molecular formula is C14H21NO3. The molecule has 0 bridgehead atoms. The minimum atomic E-state index is -0.384. The Hall–Kier alpha value is -1.39. The number of amides is 1. The fourth-order valence-electron chi connectivity index (χ4n) is 1.45. The van der Waals surface area contributed by atoms with Crippen molar-refractivity contribution in [2.75, 3.05) is 20.2 Å². The predicted octanol–water partition coefficient (Wildman–Crippen LogP) is 1.43. The molecule has 1 atom stereocenters. The molecule has 1 N–H and O–H groups in total. The molecular weight excluding hydrogens is 230 g/mol. The average Bonchev–Trinajstić information content (AvgIpc) is 2.37. The van der Waals surface area contributed by atoms with E-state index in [2.05, 4.69) is 0 Å². The summed E-state index contributed by atoms with van der Waals surface area (Å²) in [4.78, 5) is 13.2. The first-order valence-corrected chi connectivity index (χ1v) is 6.13. The summed E-state index contributed by atoms with van der Waals surface area (Å²) in [5.41, 5.74) is 1.05. The average molecular weight is 251 g/mol. The number of hydrogen-bond acceptors (Lipinski definition) is 3. The molecule has 0 aliphatic carbocycles. The number of rotatable bonds is 7. The Morgan fingerprint density at radius 3 is 2.67 bits per heavy atom. The fourth-order valence-corrected chi connectivity index (χ4v) is 1.45. The molecule has 0 saturated carbocycles. The van der Waals surface area contributed by atoms with Gasteiger partial charge in [-0.2, -0.15) is 0 Å². The number of hydrogen-bond donors (Lipinski definition) is 1. The SMILES string of the molecule is CC(O)CCN(C)C(=O)COCc1ccccc1. The van der Waals surface area contributed by atoms with Crippen molar-refractivity contribution in [1.29, 1.82) is 0 Å². The Morgan fingerprint density at radius 2 is 2.06 bits per heavy atom. The molecule has 0 aliphatic heterocycles. The van der Waals surface area contributed by atoms with Crippen LogP contribution in [-0.4, -0.2) is 42.2 Å². The van der Waals surface area contributed by atoms with Crippen molar-refractivity contribution in [3.8, 4) is 0 Å². The highest BCUT2D eigenvalue weighted by Crippen LogP contribution is 2.01. The number of ether oxygens (including phenoxy) is 1. The van der Waals surface area contributed by atoms with Crippen molar-refractivity contribution in [3.63, 3.8) is 0 Å². The van der Waals surface area contributed by atoms with Gasteiger partial charge in [0, 0.05) is 13.6 Å². The summed E-state index contributed by atoms with van der Waals surface area (Å²) in [7, 11) is 1.72. The molecule has 1 unspecified atom stereocenters. The van der Waals surface area contributed by atoms with Crippen LogP contribution < -0.4 is 0 Å². The first-order valence-electron chi connectivity index (χ1n) is 6.13. The highest BCUT2D eigenvalue weighted by molar-refractivity contribution is 5.77. The van der Waals surface area contributed by atoms with Crippen LogP contribution in [0.1, 0.15) is 18.9 Å². The Morgan fingerprint density at radius 1 is 1.39 bits per heavy atom. The van der Waals surface area contributed by atoms with E-state index in [9.17, 15) is 4.79 Å². The second-order valence-corrected chi connectivity index (χ2v) is 4.43. The van der Waals surface area contributed by atoms with Gasteiger partial charge in [-0.25, -0.2) is 0 Å². The number of benzene rings is 1. The van der Waals surface area contributed by atoms with Gasteiger partial charge in [-0.05, 0) is 18.9 Å². The minimum Gasteiger partial charge on any atom is -0.393 e. The molecule has 4 nitrogen and oxygen atoms in total. The maximum atomic E-state index is 11.7. The molecule has 100 valence electrons. The van der Waals surface area contributed by atoms with E-state index >= 15 is 0 Å². The topological polar surface area (TPSA) is 49.8 Å². The number of carbonyl (C=O) groups excluding carboxylic acids is 1. The summed E-state index contributed by atoms with van der Waals surface area (Å²) < 4.78 is 5.36. The molecule has 0 heterocycles. The van der Waals surface area contributed by atoms with Gasteiger partial charge in [0.25, 0.3) is 0 Å². The minimum absolute atomic E-state index is 0.0634. The zero-order valence-electron chi connectivity index (χ0n) is 11.0. The van der Waals surface area contributed by atoms with Crippen molar-refractivity contribution in [2.24, 2.45) is 0 Å². The van der Waals surface area contributed by atoms with E-state index in [1.165, 1.54) is 0 Å². The molecule has 4 heteroatoms. The number of aliphatic hydroxyl groups excluding tert-OH is 1. The molecule has 0 saturated heterocycles. The van der Waals surface area contributed by atoms with Crippen LogP contribution in [0.15, 0.2) is 30.3 Å². The molecule has 0 fully saturated rings. The lowest BCUT2D eigenvalue weighted by Gasteiger charge is -2.17. The van der Waals surface area contributed by atoms with Crippen LogP contribution in [0.25, 0.3) is 0 Å². The molecule has 0 aliphatic rings. The molecule has 1 amide bonds. The van der Waals surface area contributed by atoms with Crippen LogP contribution in [0.5, 0.6) is 0 Å². The largest absolute Gasteiger partial charge is 0.393 e. The summed E-state index contributed by atoms with van der Waals surface area (Å²) in [6.45, 7) is 2.78. The van der Waals surface area contributed by atoms with Crippen molar-refractivity contribution in [1.82, 2.24) is 4.90 Å². The van der Waals surface area contributed by atoms with Gasteiger partial charge in [-0.1, -0.05) is 30.3 Å². The first-order chi connectivity index (χ1) is 8.59. The zero-order valence-corrected chi connectivity index (χ0v) is 11.0. The Kier molecular flexibility index (Phi) is 6.39. The van der Waals surface area contributed by atoms with Gasteiger partial charge in [0.05, 0.1) is 12.7 Å². The van der Waals surface area contributed by atoms with Crippen molar-refractivity contribution in [3.05, 3.63) is 35.9 Å². The molecule has 18 heavy (non-hydrogen) atoms. The first kappa shape index (κ1) is 14.7. The predicted molar refractivity (Wildman–Crippen MR) is 70.0 cm³/mol. The molecule has 1 aromatic carbocycles. The summed E-state index contributed by atoms with van der Waals surface area (Å²) in [6, 6.07) is 9.74. The monoisotopic (exact) mass is 251 g/mol. The Bertz CT molecular complexity index is 351. The van der Waals surface area contributed by atoms with Crippen LogP contribution in [0.3, 0.4) is 0 Å². The maximum Gasteiger partial charge on any atom is 0.248 e. The van der Waals surface area contributed by atoms with E-state index in [1.807, 2.05) is 30.3 Å². The van der Waals surface area contributed by atoms with E-state index in [0.29, 0.717) is 19.6 Å². The van der Waals surface area contributed by atoms with Crippen LogP contribution >= 0.6 is 0 Å². The molecule has 1 rings (SSSR count). The van der Waals surface area contributed by atoms with Gasteiger partial charge < -0.3 is 14.7 Å². The van der Waals surface area contributed by atoms with E-state index in [0.717, 1.165) is 5.56 Å². The second-order valence-electron chi connectivity index (χ2n) is 4.43. The van der Waals surface area contributed by atoms with Crippen molar-refractivity contribution >= 4 is 5.91 Å². The molecule has 0 aromatic heterocycles. The molecule has 0 spiro atoms. The molecule has 0 radical (unpaired) electrons. The van der Waals surface area contributed by atoms with E-state index in [4.69, 9.17) is 9.84 Å². The van der Waals surface area contributed by atoms with Crippen LogP contribution in [0, 0.1) is 0 Å². The zero-order chi connectivity index (χ0) is 13.4. The lowest BCUT2D eigenvalue weighted by atomic mass is 10.2. The van der Waals surface area contributed by atoms with E-state index < -0.39 is 0 Å². The normalized spacial score (nSPS) is 12.2. The number of carbonyl (C=O) groups is 1. The maximum absolute atomic E-state index is 11.7. The quantitative estimate of drug-likeness (QED) is 0.797. The van der Waals surface area contributed by atoms with Gasteiger partial charge >= 0.3 is 0 Å². The Labute approximate surface area is 108 Å². The summed E-state index contributed by atoms with van der Waals surface area (Å²) in [6.07, 6.45) is 0.200. The van der Waals surface area contributed by atoms with Gasteiger partial charge in [0.15, 0.2) is 0 Å². The van der Waals surface area contributed by atoms with Crippen molar-refractivity contribution < 1.29 is 14.6 Å². The smallest absolute Gasteiger partial charge is 0.248 e. The summed E-state index contributed by atoms with van der Waals surface area (Å²) in [5.74, 6) is -0.0634. The van der Waals surface area contributed by atoms with Gasteiger partial charge in [0.2, 0.25) is 5.91 Å². The van der Waals surface area contributed by atoms with Crippen LogP contribution in [-0.2, 0) is 16.1 Å². The van der Waals surface area contributed by atoms with Gasteiger partial charge in [-0.3, -0.25) is 4.79 Å². The third kappa shape index (κ3) is 5.80. The standard InChI is InChI=1S/C14H21NO3/c1-12(16)8-9-15(2)14(17)11-18-10-13-6-4-3-5-7-13/h3-7,12,16H,8-11H2,1-2H3. The second kappa shape index (κ2) is 7.84. The van der Waals surface area contributed by atoms with E-state index in [1.54, 1.807) is 18.9 Å². The van der Waals surface area contributed by atoms with E-state index in [-0.39, 0.29) is 18.6 Å².